The first-order valence-corrected chi connectivity index (χ1v) is 5.22. The van der Waals surface area contributed by atoms with Crippen LogP contribution in [0, 0.1) is 0 Å². The van der Waals surface area contributed by atoms with Crippen LogP contribution >= 0.6 is 0 Å². The molecule has 0 amide bonds. The molecule has 0 fully saturated rings. The molecule has 0 saturated carbocycles. The van der Waals surface area contributed by atoms with Gasteiger partial charge in [0.05, 0.1) is 0 Å². The predicted molar refractivity (Wildman–Crippen MR) is 59.2 cm³/mol. The van der Waals surface area contributed by atoms with E-state index in [0.717, 1.165) is 19.6 Å². The highest BCUT2D eigenvalue weighted by Gasteiger charge is 2.01. The average Bonchev–Trinajstić information content (AvgIpc) is 2.10. The van der Waals surface area contributed by atoms with Gasteiger partial charge in [0.15, 0.2) is 0 Å². The number of likely N-dealkylation sites (N-methyl/N-ethyl adjacent to an activating group) is 2. The van der Waals surface area contributed by atoms with Gasteiger partial charge in [-0.2, -0.15) is 0 Å². The van der Waals surface area contributed by atoms with E-state index in [-0.39, 0.29) is 0 Å². The second kappa shape index (κ2) is 8.48. The predicted octanol–water partition coefficient (Wildman–Crippen LogP) is 0.479. The molecular weight excluding hydrogens is 162 g/mol. The van der Waals surface area contributed by atoms with Crippen LogP contribution in [0.4, 0.5) is 0 Å². The molecule has 0 rings (SSSR count). The molecule has 0 bridgehead atoms. The average molecular weight is 187 g/mol. The van der Waals surface area contributed by atoms with E-state index in [1.807, 2.05) is 7.05 Å². The Labute approximate surface area is 83.1 Å². The van der Waals surface area contributed by atoms with Gasteiger partial charge in [-0.15, -0.1) is 0 Å². The lowest BCUT2D eigenvalue weighted by Gasteiger charge is -2.22. The third-order valence-electron chi connectivity index (χ3n) is 2.21. The maximum Gasteiger partial charge on any atom is 0.0109 e. The Kier molecular flexibility index (Phi) is 8.40. The van der Waals surface area contributed by atoms with Gasteiger partial charge in [0.25, 0.3) is 0 Å². The summed E-state index contributed by atoms with van der Waals surface area (Å²) in [5.74, 6) is 0. The molecule has 0 atom stereocenters. The third-order valence-corrected chi connectivity index (χ3v) is 2.21. The fraction of sp³-hybridized carbons (Fsp3) is 1.00. The van der Waals surface area contributed by atoms with Crippen molar-refractivity contribution in [3.63, 3.8) is 0 Å². The Morgan fingerprint density at radius 3 is 2.23 bits per heavy atom. The summed E-state index contributed by atoms with van der Waals surface area (Å²) in [6.07, 6.45) is 1.25. The quantitative estimate of drug-likeness (QED) is 0.558. The first-order valence-electron chi connectivity index (χ1n) is 5.22. The first-order chi connectivity index (χ1) is 6.20. The fourth-order valence-corrected chi connectivity index (χ4v) is 1.25. The molecule has 0 spiro atoms. The Morgan fingerprint density at radius 1 is 1.08 bits per heavy atom. The molecule has 0 unspecified atom stereocenters. The zero-order valence-corrected chi connectivity index (χ0v) is 9.64. The van der Waals surface area contributed by atoms with Crippen LogP contribution in [0.3, 0.4) is 0 Å². The van der Waals surface area contributed by atoms with Crippen molar-refractivity contribution in [2.24, 2.45) is 0 Å². The van der Waals surface area contributed by atoms with Gasteiger partial charge in [-0.1, -0.05) is 6.92 Å². The summed E-state index contributed by atoms with van der Waals surface area (Å²) in [6, 6.07) is 0. The van der Waals surface area contributed by atoms with Gasteiger partial charge in [-0.25, -0.2) is 0 Å². The van der Waals surface area contributed by atoms with Crippen LogP contribution in [-0.4, -0.2) is 63.7 Å². The van der Waals surface area contributed by atoms with E-state index >= 15 is 0 Å². The lowest BCUT2D eigenvalue weighted by Crippen LogP contribution is -2.33. The largest absolute Gasteiger partial charge is 0.320 e. The summed E-state index contributed by atoms with van der Waals surface area (Å²) in [5.41, 5.74) is 0. The summed E-state index contributed by atoms with van der Waals surface area (Å²) >= 11 is 0. The summed E-state index contributed by atoms with van der Waals surface area (Å²) in [7, 11) is 6.26. The molecule has 0 aliphatic carbocycles. The number of rotatable bonds is 8. The molecule has 0 aromatic heterocycles. The first kappa shape index (κ1) is 12.9. The highest BCUT2D eigenvalue weighted by Crippen LogP contribution is 1.90. The molecule has 3 heteroatoms. The van der Waals surface area contributed by atoms with Gasteiger partial charge in [0.2, 0.25) is 0 Å². The Hall–Kier alpha value is -0.120. The number of nitrogens with zero attached hydrogens (tertiary/aromatic N) is 2. The van der Waals surface area contributed by atoms with Crippen molar-refractivity contribution < 1.29 is 0 Å². The molecular formula is C10H25N3. The normalized spacial score (nSPS) is 11.5. The molecule has 0 aromatic carbocycles. The Bertz CT molecular complexity index is 104. The second-order valence-electron chi connectivity index (χ2n) is 3.69. The Balaban J connectivity index is 3.39. The molecule has 1 N–H and O–H groups in total. The maximum atomic E-state index is 3.17. The molecule has 0 aliphatic heterocycles. The minimum absolute atomic E-state index is 1.12. The Morgan fingerprint density at radius 2 is 1.77 bits per heavy atom. The van der Waals surface area contributed by atoms with Gasteiger partial charge < -0.3 is 15.1 Å². The van der Waals surface area contributed by atoms with Crippen LogP contribution < -0.4 is 5.32 Å². The standard InChI is InChI=1S/C10H25N3/c1-5-13(8-6-7-11-2)10-9-12(3)4/h11H,5-10H2,1-4H3. The van der Waals surface area contributed by atoms with Crippen molar-refractivity contribution >= 4 is 0 Å². The van der Waals surface area contributed by atoms with Gasteiger partial charge in [0, 0.05) is 13.1 Å². The lowest BCUT2D eigenvalue weighted by atomic mass is 10.3. The minimum Gasteiger partial charge on any atom is -0.320 e. The van der Waals surface area contributed by atoms with Crippen molar-refractivity contribution in [1.82, 2.24) is 15.1 Å². The van der Waals surface area contributed by atoms with E-state index in [1.54, 1.807) is 0 Å². The van der Waals surface area contributed by atoms with Gasteiger partial charge >= 0.3 is 0 Å². The van der Waals surface area contributed by atoms with Crippen LogP contribution in [0.25, 0.3) is 0 Å². The second-order valence-corrected chi connectivity index (χ2v) is 3.69. The highest BCUT2D eigenvalue weighted by molar-refractivity contribution is 4.58. The van der Waals surface area contributed by atoms with Crippen molar-refractivity contribution in [2.75, 3.05) is 53.9 Å². The molecule has 0 aromatic rings. The van der Waals surface area contributed by atoms with Gasteiger partial charge in [0.1, 0.15) is 0 Å². The topological polar surface area (TPSA) is 18.5 Å². The summed E-state index contributed by atoms with van der Waals surface area (Å²) in [6.45, 7) is 8.08. The lowest BCUT2D eigenvalue weighted by molar-refractivity contribution is 0.248. The molecule has 0 aliphatic rings. The smallest absolute Gasteiger partial charge is 0.0109 e. The van der Waals surface area contributed by atoms with E-state index in [1.165, 1.54) is 19.5 Å². The van der Waals surface area contributed by atoms with Crippen LogP contribution in [0.15, 0.2) is 0 Å². The molecule has 0 radical (unpaired) electrons. The summed E-state index contributed by atoms with van der Waals surface area (Å²) < 4.78 is 0. The van der Waals surface area contributed by atoms with Crippen molar-refractivity contribution in [2.45, 2.75) is 13.3 Å². The zero-order chi connectivity index (χ0) is 10.1. The highest BCUT2D eigenvalue weighted by atomic mass is 15.2. The fourth-order valence-electron chi connectivity index (χ4n) is 1.25. The van der Waals surface area contributed by atoms with Crippen molar-refractivity contribution in [3.8, 4) is 0 Å². The molecule has 0 saturated heterocycles. The van der Waals surface area contributed by atoms with Crippen molar-refractivity contribution in [3.05, 3.63) is 0 Å². The van der Waals surface area contributed by atoms with Gasteiger partial charge in [-0.3, -0.25) is 0 Å². The molecule has 80 valence electrons. The molecule has 13 heavy (non-hydrogen) atoms. The number of hydrogen-bond donors (Lipinski definition) is 1. The van der Waals surface area contributed by atoms with Gasteiger partial charge in [-0.05, 0) is 47.2 Å². The maximum absolute atomic E-state index is 3.17. The number of hydrogen-bond acceptors (Lipinski definition) is 3. The van der Waals surface area contributed by atoms with Crippen LogP contribution in [0.2, 0.25) is 0 Å². The van der Waals surface area contributed by atoms with E-state index in [4.69, 9.17) is 0 Å². The third kappa shape index (κ3) is 8.22. The van der Waals surface area contributed by atoms with Crippen molar-refractivity contribution in [1.29, 1.82) is 0 Å². The SMILES string of the molecule is CCN(CCCNC)CCN(C)C. The zero-order valence-electron chi connectivity index (χ0n) is 9.64. The summed E-state index contributed by atoms with van der Waals surface area (Å²) in [5, 5.41) is 3.17. The van der Waals surface area contributed by atoms with Crippen LogP contribution in [-0.2, 0) is 0 Å². The van der Waals surface area contributed by atoms with E-state index in [2.05, 4.69) is 36.1 Å². The molecule has 3 nitrogen and oxygen atoms in total. The van der Waals surface area contributed by atoms with Crippen LogP contribution in [0.1, 0.15) is 13.3 Å². The van der Waals surface area contributed by atoms with E-state index < -0.39 is 0 Å². The minimum atomic E-state index is 1.12. The number of nitrogens with one attached hydrogen (secondary N) is 1. The summed E-state index contributed by atoms with van der Waals surface area (Å²) in [4.78, 5) is 4.73. The van der Waals surface area contributed by atoms with E-state index in [9.17, 15) is 0 Å². The molecule has 0 heterocycles. The van der Waals surface area contributed by atoms with E-state index in [0.29, 0.717) is 0 Å². The monoisotopic (exact) mass is 187 g/mol. The van der Waals surface area contributed by atoms with Crippen LogP contribution in [0.5, 0.6) is 0 Å².